The highest BCUT2D eigenvalue weighted by atomic mass is 16.5. The van der Waals surface area contributed by atoms with E-state index in [1.165, 1.54) is 33.5 Å². The van der Waals surface area contributed by atoms with Crippen molar-refractivity contribution in [1.82, 2.24) is 0 Å². The van der Waals surface area contributed by atoms with Crippen LogP contribution in [0.25, 0.3) is 11.1 Å². The summed E-state index contributed by atoms with van der Waals surface area (Å²) in [7, 11) is 1.73. The number of hydrogen-bond donors (Lipinski definition) is 2. The first kappa shape index (κ1) is 26.1. The normalized spacial score (nSPS) is 12.4. The number of ether oxygens (including phenoxy) is 1. The lowest BCUT2D eigenvalue weighted by Gasteiger charge is -2.33. The van der Waals surface area contributed by atoms with Crippen LogP contribution in [0.2, 0.25) is 0 Å². The molecule has 2 N–H and O–H groups in total. The first-order chi connectivity index (χ1) is 19.0. The molecule has 5 aromatic rings. The average molecular weight is 513 g/mol. The summed E-state index contributed by atoms with van der Waals surface area (Å²) in [5.74, 6) is 0.853. The van der Waals surface area contributed by atoms with Crippen molar-refractivity contribution in [2.24, 2.45) is 0 Å². The highest BCUT2D eigenvalue weighted by Crippen LogP contribution is 2.41. The van der Waals surface area contributed by atoms with Gasteiger partial charge in [0.05, 0.1) is 19.2 Å². The quantitative estimate of drug-likeness (QED) is 0.206. The predicted octanol–water partition coefficient (Wildman–Crippen LogP) is 9.29. The maximum atomic E-state index is 5.74. The minimum Gasteiger partial charge on any atom is -0.496 e. The number of aryl methyl sites for hydroxylation is 3. The molecule has 0 radical (unpaired) electrons. The van der Waals surface area contributed by atoms with Gasteiger partial charge in [-0.25, -0.2) is 0 Å². The zero-order valence-corrected chi connectivity index (χ0v) is 23.1. The van der Waals surface area contributed by atoms with E-state index in [9.17, 15) is 0 Å². The fraction of sp³-hybridized carbons (Fsp3) is 0.167. The molecule has 0 aliphatic rings. The summed E-state index contributed by atoms with van der Waals surface area (Å²) in [4.78, 5) is 0. The second kappa shape index (κ2) is 11.9. The van der Waals surface area contributed by atoms with Crippen molar-refractivity contribution < 1.29 is 4.74 Å². The third-order valence-corrected chi connectivity index (χ3v) is 7.26. The van der Waals surface area contributed by atoms with Gasteiger partial charge in [-0.1, -0.05) is 115 Å². The van der Waals surface area contributed by atoms with Crippen molar-refractivity contribution in [2.45, 2.75) is 32.9 Å². The number of methoxy groups -OCH3 is 1. The SMILES string of the molecule is COc1ccccc1-c1ccccc1N[C@H](c1ccccc1)[C@H](Nc1c(C)cc(C)cc1C)c1ccccc1. The van der Waals surface area contributed by atoms with Crippen molar-refractivity contribution in [3.8, 4) is 16.9 Å². The van der Waals surface area contributed by atoms with E-state index in [1.54, 1.807) is 7.11 Å². The van der Waals surface area contributed by atoms with Gasteiger partial charge in [-0.15, -0.1) is 0 Å². The molecule has 0 fully saturated rings. The largest absolute Gasteiger partial charge is 0.496 e. The van der Waals surface area contributed by atoms with Crippen LogP contribution in [0.1, 0.15) is 39.9 Å². The maximum absolute atomic E-state index is 5.74. The van der Waals surface area contributed by atoms with E-state index in [4.69, 9.17) is 4.74 Å². The molecule has 3 nitrogen and oxygen atoms in total. The van der Waals surface area contributed by atoms with E-state index < -0.39 is 0 Å². The van der Waals surface area contributed by atoms with Crippen LogP contribution in [0.4, 0.5) is 11.4 Å². The third-order valence-electron chi connectivity index (χ3n) is 7.26. The zero-order chi connectivity index (χ0) is 27.2. The summed E-state index contributed by atoms with van der Waals surface area (Å²) in [6.07, 6.45) is 0. The third kappa shape index (κ3) is 5.83. The van der Waals surface area contributed by atoms with Gasteiger partial charge in [-0.3, -0.25) is 0 Å². The zero-order valence-electron chi connectivity index (χ0n) is 23.1. The van der Waals surface area contributed by atoms with Crippen molar-refractivity contribution in [1.29, 1.82) is 0 Å². The Labute approximate surface area is 232 Å². The van der Waals surface area contributed by atoms with E-state index in [1.807, 2.05) is 12.1 Å². The van der Waals surface area contributed by atoms with Crippen LogP contribution in [0.3, 0.4) is 0 Å². The van der Waals surface area contributed by atoms with Gasteiger partial charge >= 0.3 is 0 Å². The minimum atomic E-state index is -0.0652. The smallest absolute Gasteiger partial charge is 0.126 e. The van der Waals surface area contributed by atoms with E-state index in [0.717, 1.165) is 22.6 Å². The topological polar surface area (TPSA) is 33.3 Å². The van der Waals surface area contributed by atoms with Crippen LogP contribution in [0.5, 0.6) is 5.75 Å². The van der Waals surface area contributed by atoms with Crippen LogP contribution in [0, 0.1) is 20.8 Å². The van der Waals surface area contributed by atoms with Gasteiger partial charge in [-0.2, -0.15) is 0 Å². The predicted molar refractivity (Wildman–Crippen MR) is 165 cm³/mol. The molecule has 196 valence electrons. The second-order valence-corrected chi connectivity index (χ2v) is 10.1. The Morgan fingerprint density at radius 1 is 0.538 bits per heavy atom. The summed E-state index contributed by atoms with van der Waals surface area (Å²) in [6, 6.07) is 42.5. The molecule has 5 aromatic carbocycles. The lowest BCUT2D eigenvalue weighted by molar-refractivity contribution is 0.416. The molecule has 3 heteroatoms. The van der Waals surface area contributed by atoms with Gasteiger partial charge < -0.3 is 15.4 Å². The van der Waals surface area contributed by atoms with Crippen molar-refractivity contribution in [3.63, 3.8) is 0 Å². The second-order valence-electron chi connectivity index (χ2n) is 10.1. The maximum Gasteiger partial charge on any atom is 0.126 e. The first-order valence-corrected chi connectivity index (χ1v) is 13.5. The van der Waals surface area contributed by atoms with Crippen molar-refractivity contribution in [2.75, 3.05) is 17.7 Å². The van der Waals surface area contributed by atoms with Crippen molar-refractivity contribution in [3.05, 3.63) is 149 Å². The molecule has 0 aromatic heterocycles. The number of anilines is 2. The van der Waals surface area contributed by atoms with E-state index in [2.05, 4.69) is 141 Å². The Kier molecular flexibility index (Phi) is 7.98. The van der Waals surface area contributed by atoms with Crippen LogP contribution >= 0.6 is 0 Å². The molecule has 0 spiro atoms. The molecule has 5 rings (SSSR count). The molecule has 0 aliphatic carbocycles. The van der Waals surface area contributed by atoms with Crippen LogP contribution < -0.4 is 15.4 Å². The van der Waals surface area contributed by atoms with Crippen LogP contribution in [-0.2, 0) is 0 Å². The Balaban J connectivity index is 1.65. The molecule has 39 heavy (non-hydrogen) atoms. The Morgan fingerprint density at radius 2 is 1.03 bits per heavy atom. The Bertz CT molecular complexity index is 1510. The summed E-state index contributed by atoms with van der Waals surface area (Å²) >= 11 is 0. The number of nitrogens with one attached hydrogen (secondary N) is 2. The standard InChI is InChI=1S/C36H36N2O/c1-25-23-26(2)34(27(3)24-25)38-36(29-17-9-6-10-18-29)35(28-15-7-5-8-16-28)37-32-21-13-11-19-30(32)31-20-12-14-22-33(31)39-4/h5-24,35-38H,1-4H3/t35-,36-/m1/s1. The molecule has 0 heterocycles. The van der Waals surface area contributed by atoms with Gasteiger partial charge in [0.25, 0.3) is 0 Å². The molecule has 0 bridgehead atoms. The molecule has 0 aliphatic heterocycles. The molecule has 0 amide bonds. The summed E-state index contributed by atoms with van der Waals surface area (Å²) < 4.78 is 5.74. The minimum absolute atomic E-state index is 0.0422. The fourth-order valence-corrected chi connectivity index (χ4v) is 5.48. The molecular weight excluding hydrogens is 476 g/mol. The van der Waals surface area contributed by atoms with Crippen LogP contribution in [-0.4, -0.2) is 7.11 Å². The Morgan fingerprint density at radius 3 is 1.62 bits per heavy atom. The van der Waals surface area contributed by atoms with Gasteiger partial charge in [0.2, 0.25) is 0 Å². The molecular formula is C36H36N2O. The highest BCUT2D eigenvalue weighted by molar-refractivity contribution is 5.82. The van der Waals surface area contributed by atoms with Gasteiger partial charge in [-0.05, 0) is 55.2 Å². The monoisotopic (exact) mass is 512 g/mol. The summed E-state index contributed by atoms with van der Waals surface area (Å²) in [6.45, 7) is 6.53. The molecule has 0 saturated heterocycles. The highest BCUT2D eigenvalue weighted by Gasteiger charge is 2.27. The summed E-state index contributed by atoms with van der Waals surface area (Å²) in [5, 5.41) is 7.94. The summed E-state index contributed by atoms with van der Waals surface area (Å²) in [5.41, 5.74) is 10.6. The number of para-hydroxylation sites is 2. The van der Waals surface area contributed by atoms with E-state index >= 15 is 0 Å². The lowest BCUT2D eigenvalue weighted by Crippen LogP contribution is -2.26. The molecule has 0 saturated carbocycles. The average Bonchev–Trinajstić information content (AvgIpc) is 2.97. The van der Waals surface area contributed by atoms with E-state index in [-0.39, 0.29) is 12.1 Å². The fourth-order valence-electron chi connectivity index (χ4n) is 5.48. The number of benzene rings is 5. The molecule has 0 unspecified atom stereocenters. The lowest BCUT2D eigenvalue weighted by atomic mass is 9.91. The number of hydrogen-bond acceptors (Lipinski definition) is 3. The Hall–Kier alpha value is -4.50. The number of rotatable bonds is 9. The van der Waals surface area contributed by atoms with Gasteiger partial charge in [0, 0.05) is 22.5 Å². The molecule has 2 atom stereocenters. The van der Waals surface area contributed by atoms with Crippen molar-refractivity contribution >= 4 is 11.4 Å². The van der Waals surface area contributed by atoms with Gasteiger partial charge in [0.1, 0.15) is 5.75 Å². The first-order valence-electron chi connectivity index (χ1n) is 13.5. The van der Waals surface area contributed by atoms with E-state index in [0.29, 0.717) is 0 Å². The van der Waals surface area contributed by atoms with Gasteiger partial charge in [0.15, 0.2) is 0 Å². The van der Waals surface area contributed by atoms with Crippen LogP contribution in [0.15, 0.2) is 121 Å².